The molecule has 23 heavy (non-hydrogen) atoms. The van der Waals surface area contributed by atoms with E-state index in [-0.39, 0.29) is 24.9 Å². The van der Waals surface area contributed by atoms with Crippen LogP contribution in [0.3, 0.4) is 0 Å². The smallest absolute Gasteiger partial charge is 0.305 e. The Balaban J connectivity index is 2.74. The van der Waals surface area contributed by atoms with Gasteiger partial charge >= 0.3 is 5.97 Å². The van der Waals surface area contributed by atoms with Crippen LogP contribution in [0.25, 0.3) is 0 Å². The fraction of sp³-hybridized carbons (Fsp3) is 0.529. The number of amides is 1. The Bertz CT molecular complexity index is 515. The van der Waals surface area contributed by atoms with Gasteiger partial charge in [-0.05, 0) is 32.0 Å². The first-order valence-electron chi connectivity index (χ1n) is 7.70. The van der Waals surface area contributed by atoms with Crippen molar-refractivity contribution in [3.05, 3.63) is 29.8 Å². The third-order valence-electron chi connectivity index (χ3n) is 3.29. The lowest BCUT2D eigenvalue weighted by molar-refractivity contribution is -0.137. The quantitative estimate of drug-likeness (QED) is 0.669. The molecule has 1 rings (SSSR count). The summed E-state index contributed by atoms with van der Waals surface area (Å²) in [6, 6.07) is 6.87. The van der Waals surface area contributed by atoms with Crippen molar-refractivity contribution in [3.8, 4) is 5.75 Å². The van der Waals surface area contributed by atoms with Gasteiger partial charge in [-0.15, -0.1) is 0 Å². The molecule has 1 N–H and O–H groups in total. The van der Waals surface area contributed by atoms with Crippen molar-refractivity contribution in [3.63, 3.8) is 0 Å². The first-order chi connectivity index (χ1) is 11.0. The van der Waals surface area contributed by atoms with Gasteiger partial charge in [0.15, 0.2) is 0 Å². The van der Waals surface area contributed by atoms with Crippen LogP contribution in [0.2, 0.25) is 0 Å². The maximum absolute atomic E-state index is 12.6. The van der Waals surface area contributed by atoms with Gasteiger partial charge in [-0.25, -0.2) is 0 Å². The number of ether oxygens (including phenoxy) is 2. The van der Waals surface area contributed by atoms with Gasteiger partial charge in [0.05, 0.1) is 13.0 Å². The number of benzene rings is 1. The van der Waals surface area contributed by atoms with Gasteiger partial charge in [-0.1, -0.05) is 6.07 Å². The van der Waals surface area contributed by atoms with Crippen molar-refractivity contribution in [2.45, 2.75) is 32.7 Å². The van der Waals surface area contributed by atoms with Crippen molar-refractivity contribution in [2.24, 2.45) is 0 Å². The molecule has 0 unspecified atom stereocenters. The third kappa shape index (κ3) is 6.69. The second kappa shape index (κ2) is 9.84. The third-order valence-corrected chi connectivity index (χ3v) is 3.29. The first-order valence-corrected chi connectivity index (χ1v) is 7.70. The van der Waals surface area contributed by atoms with Crippen LogP contribution in [-0.4, -0.2) is 54.8 Å². The topological polar surface area (TPSA) is 76.1 Å². The van der Waals surface area contributed by atoms with E-state index < -0.39 is 5.97 Å². The highest BCUT2D eigenvalue weighted by Gasteiger charge is 2.20. The SMILES string of the molecule is COCCCOc1cccc(C(=O)N(CCC(=O)O)C(C)C)c1. The van der Waals surface area contributed by atoms with Crippen molar-refractivity contribution in [1.82, 2.24) is 4.90 Å². The van der Waals surface area contributed by atoms with Crippen molar-refractivity contribution in [1.29, 1.82) is 0 Å². The Morgan fingerprint density at radius 1 is 1.26 bits per heavy atom. The molecule has 0 saturated carbocycles. The van der Waals surface area contributed by atoms with Crippen LogP contribution < -0.4 is 4.74 Å². The summed E-state index contributed by atoms with van der Waals surface area (Å²) in [5.74, 6) is -0.490. The van der Waals surface area contributed by atoms with Gasteiger partial charge in [0.25, 0.3) is 5.91 Å². The molecule has 0 heterocycles. The van der Waals surface area contributed by atoms with E-state index in [1.807, 2.05) is 13.8 Å². The fourth-order valence-electron chi connectivity index (χ4n) is 2.09. The molecular weight excluding hydrogens is 298 g/mol. The van der Waals surface area contributed by atoms with E-state index in [2.05, 4.69) is 0 Å². The summed E-state index contributed by atoms with van der Waals surface area (Å²) in [4.78, 5) is 24.9. The summed E-state index contributed by atoms with van der Waals surface area (Å²) < 4.78 is 10.5. The number of carboxylic acid groups (broad SMARTS) is 1. The predicted octanol–water partition coefficient (Wildman–Crippen LogP) is 2.43. The number of rotatable bonds is 10. The van der Waals surface area contributed by atoms with Crippen LogP contribution in [0.15, 0.2) is 24.3 Å². The minimum atomic E-state index is -0.918. The lowest BCUT2D eigenvalue weighted by Crippen LogP contribution is -2.38. The molecule has 0 aliphatic heterocycles. The highest BCUT2D eigenvalue weighted by atomic mass is 16.5. The number of carbonyl (C=O) groups is 2. The molecule has 0 fully saturated rings. The summed E-state index contributed by atoms with van der Waals surface area (Å²) in [6.07, 6.45) is 0.697. The van der Waals surface area contributed by atoms with E-state index in [0.29, 0.717) is 24.5 Å². The number of carbonyl (C=O) groups excluding carboxylic acids is 1. The lowest BCUT2D eigenvalue weighted by atomic mass is 10.1. The molecule has 0 aliphatic carbocycles. The molecule has 0 bridgehead atoms. The normalized spacial score (nSPS) is 10.6. The number of hydrogen-bond donors (Lipinski definition) is 1. The second-order valence-electron chi connectivity index (χ2n) is 5.46. The lowest BCUT2D eigenvalue weighted by Gasteiger charge is -2.26. The summed E-state index contributed by atoms with van der Waals surface area (Å²) in [5, 5.41) is 8.81. The van der Waals surface area contributed by atoms with Crippen LogP contribution in [0.4, 0.5) is 0 Å². The molecule has 0 atom stereocenters. The molecule has 0 aromatic heterocycles. The number of methoxy groups -OCH3 is 1. The molecule has 1 amide bonds. The van der Waals surface area contributed by atoms with Gasteiger partial charge in [-0.3, -0.25) is 9.59 Å². The Morgan fingerprint density at radius 2 is 2.00 bits per heavy atom. The zero-order valence-electron chi connectivity index (χ0n) is 13.9. The number of aliphatic carboxylic acids is 1. The average Bonchev–Trinajstić information content (AvgIpc) is 2.51. The molecular formula is C17H25NO5. The fourth-order valence-corrected chi connectivity index (χ4v) is 2.09. The Morgan fingerprint density at radius 3 is 2.61 bits per heavy atom. The summed E-state index contributed by atoms with van der Waals surface area (Å²) >= 11 is 0. The van der Waals surface area contributed by atoms with Gasteiger partial charge in [0, 0.05) is 38.3 Å². The largest absolute Gasteiger partial charge is 0.493 e. The molecule has 0 aliphatic rings. The number of hydrogen-bond acceptors (Lipinski definition) is 4. The van der Waals surface area contributed by atoms with Crippen LogP contribution >= 0.6 is 0 Å². The second-order valence-corrected chi connectivity index (χ2v) is 5.46. The van der Waals surface area contributed by atoms with Crippen LogP contribution in [0, 0.1) is 0 Å². The molecule has 1 aromatic carbocycles. The zero-order valence-corrected chi connectivity index (χ0v) is 13.9. The van der Waals surface area contributed by atoms with Crippen molar-refractivity contribution >= 4 is 11.9 Å². The molecule has 0 radical (unpaired) electrons. The Kier molecular flexibility index (Phi) is 8.11. The maximum atomic E-state index is 12.6. The molecule has 0 saturated heterocycles. The summed E-state index contributed by atoms with van der Waals surface area (Å²) in [5.41, 5.74) is 0.494. The van der Waals surface area contributed by atoms with E-state index in [1.54, 1.807) is 36.3 Å². The minimum Gasteiger partial charge on any atom is -0.493 e. The minimum absolute atomic E-state index is 0.0723. The van der Waals surface area contributed by atoms with E-state index in [9.17, 15) is 9.59 Å². The molecule has 1 aromatic rings. The van der Waals surface area contributed by atoms with E-state index >= 15 is 0 Å². The van der Waals surface area contributed by atoms with Crippen LogP contribution in [-0.2, 0) is 9.53 Å². The van der Waals surface area contributed by atoms with Crippen LogP contribution in [0.5, 0.6) is 5.75 Å². The van der Waals surface area contributed by atoms with Gasteiger partial charge in [-0.2, -0.15) is 0 Å². The standard InChI is InChI=1S/C17H25NO5/c1-13(2)18(9-8-16(19)20)17(21)14-6-4-7-15(12-14)23-11-5-10-22-3/h4,6-7,12-13H,5,8-11H2,1-3H3,(H,19,20). The van der Waals surface area contributed by atoms with E-state index in [1.165, 1.54) is 0 Å². The highest BCUT2D eigenvalue weighted by molar-refractivity contribution is 5.95. The zero-order chi connectivity index (χ0) is 17.2. The summed E-state index contributed by atoms with van der Waals surface area (Å²) in [7, 11) is 1.64. The number of nitrogens with zero attached hydrogens (tertiary/aromatic N) is 1. The van der Waals surface area contributed by atoms with Gasteiger partial charge < -0.3 is 19.5 Å². The van der Waals surface area contributed by atoms with Crippen molar-refractivity contribution in [2.75, 3.05) is 26.9 Å². The van der Waals surface area contributed by atoms with Gasteiger partial charge in [0.2, 0.25) is 0 Å². The Labute approximate surface area is 137 Å². The molecule has 0 spiro atoms. The molecule has 6 heteroatoms. The van der Waals surface area contributed by atoms with Gasteiger partial charge in [0.1, 0.15) is 5.75 Å². The molecule has 128 valence electrons. The molecule has 6 nitrogen and oxygen atoms in total. The van der Waals surface area contributed by atoms with Crippen LogP contribution in [0.1, 0.15) is 37.0 Å². The van der Waals surface area contributed by atoms with Crippen molar-refractivity contribution < 1.29 is 24.2 Å². The van der Waals surface area contributed by atoms with E-state index in [4.69, 9.17) is 14.6 Å². The number of carboxylic acids is 1. The first kappa shape index (κ1) is 19.0. The maximum Gasteiger partial charge on any atom is 0.305 e. The Hall–Kier alpha value is -2.08. The highest BCUT2D eigenvalue weighted by Crippen LogP contribution is 2.16. The summed E-state index contributed by atoms with van der Waals surface area (Å²) in [6.45, 7) is 5.05. The predicted molar refractivity (Wildman–Crippen MR) is 86.9 cm³/mol. The average molecular weight is 323 g/mol. The van der Waals surface area contributed by atoms with E-state index in [0.717, 1.165) is 6.42 Å². The monoisotopic (exact) mass is 323 g/mol.